The maximum atomic E-state index is 14.1. The number of aliphatic hydroxyl groups is 1. The number of hydrogen-bond donors (Lipinski definition) is 2. The number of primary amides is 1. The van der Waals surface area contributed by atoms with Crippen molar-refractivity contribution in [3.8, 4) is 0 Å². The predicted molar refractivity (Wildman–Crippen MR) is 71.1 cm³/mol. The van der Waals surface area contributed by atoms with E-state index in [2.05, 4.69) is 0 Å². The summed E-state index contributed by atoms with van der Waals surface area (Å²) in [7, 11) is 0. The van der Waals surface area contributed by atoms with Crippen LogP contribution in [0.4, 0.5) is 10.1 Å². The van der Waals surface area contributed by atoms with Gasteiger partial charge in [-0.2, -0.15) is 0 Å². The Morgan fingerprint density at radius 1 is 1.42 bits per heavy atom. The van der Waals surface area contributed by atoms with Gasteiger partial charge in [0.15, 0.2) is 0 Å². The number of para-hydroxylation sites is 1. The molecule has 0 aliphatic heterocycles. The Kier molecular flexibility index (Phi) is 4.37. The van der Waals surface area contributed by atoms with Crippen molar-refractivity contribution in [3.05, 3.63) is 29.6 Å². The number of carbonyl (C=O) groups is 1. The third-order valence-corrected chi connectivity index (χ3v) is 3.62. The van der Waals surface area contributed by atoms with Crippen molar-refractivity contribution in [2.24, 2.45) is 5.73 Å². The maximum Gasteiger partial charge on any atom is 0.236 e. The lowest BCUT2D eigenvalue weighted by Crippen LogP contribution is -2.41. The minimum atomic E-state index is -0.487. The van der Waals surface area contributed by atoms with Crippen LogP contribution >= 0.6 is 0 Å². The van der Waals surface area contributed by atoms with Crippen LogP contribution < -0.4 is 10.6 Å². The second-order valence-electron chi connectivity index (χ2n) is 4.94. The summed E-state index contributed by atoms with van der Waals surface area (Å²) in [4.78, 5) is 13.0. The van der Waals surface area contributed by atoms with E-state index >= 15 is 0 Å². The van der Waals surface area contributed by atoms with E-state index in [1.54, 1.807) is 17.0 Å². The normalized spacial score (nSPS) is 15.7. The number of hydrogen-bond acceptors (Lipinski definition) is 3. The van der Waals surface area contributed by atoms with Gasteiger partial charge in [-0.15, -0.1) is 0 Å². The number of aliphatic hydroxyl groups excluding tert-OH is 1. The van der Waals surface area contributed by atoms with Crippen LogP contribution in [0.3, 0.4) is 0 Å². The number of carbonyl (C=O) groups excluding carboxylic acids is 1. The fourth-order valence-corrected chi connectivity index (χ4v) is 2.78. The standard InChI is InChI=1S/C14H19FN2O2/c15-12-7-3-4-10(9-18)14(12)17(8-13(16)19)11-5-1-2-6-11/h3-4,7,11,18H,1-2,5-6,8-9H2,(H2,16,19). The Labute approximate surface area is 112 Å². The minimum absolute atomic E-state index is 0.0153. The summed E-state index contributed by atoms with van der Waals surface area (Å²) in [5.41, 5.74) is 6.08. The Balaban J connectivity index is 2.39. The smallest absolute Gasteiger partial charge is 0.236 e. The molecule has 5 heteroatoms. The van der Waals surface area contributed by atoms with Crippen molar-refractivity contribution >= 4 is 11.6 Å². The summed E-state index contributed by atoms with van der Waals surface area (Å²) in [6.07, 6.45) is 3.99. The first-order chi connectivity index (χ1) is 9.13. The molecule has 1 amide bonds. The molecule has 3 N–H and O–H groups in total. The van der Waals surface area contributed by atoms with Gasteiger partial charge in [0.2, 0.25) is 5.91 Å². The highest BCUT2D eigenvalue weighted by Gasteiger charge is 2.27. The molecule has 0 heterocycles. The maximum absolute atomic E-state index is 14.1. The van der Waals surface area contributed by atoms with E-state index in [9.17, 15) is 14.3 Å². The zero-order valence-electron chi connectivity index (χ0n) is 10.8. The molecule has 19 heavy (non-hydrogen) atoms. The average Bonchev–Trinajstić information content (AvgIpc) is 2.89. The molecule has 0 unspecified atom stereocenters. The van der Waals surface area contributed by atoms with Crippen LogP contribution in [0.1, 0.15) is 31.2 Å². The van der Waals surface area contributed by atoms with Crippen LogP contribution in [0.25, 0.3) is 0 Å². The molecule has 1 aromatic carbocycles. The zero-order chi connectivity index (χ0) is 13.8. The molecule has 0 atom stereocenters. The Morgan fingerprint density at radius 3 is 2.68 bits per heavy atom. The first kappa shape index (κ1) is 13.8. The van der Waals surface area contributed by atoms with Gasteiger partial charge in [-0.1, -0.05) is 25.0 Å². The number of nitrogens with two attached hydrogens (primary N) is 1. The zero-order valence-corrected chi connectivity index (χ0v) is 10.8. The summed E-state index contributed by atoms with van der Waals surface area (Å²) in [5.74, 6) is -0.904. The van der Waals surface area contributed by atoms with Gasteiger partial charge in [0.1, 0.15) is 5.82 Å². The van der Waals surface area contributed by atoms with Crippen molar-refractivity contribution in [2.75, 3.05) is 11.4 Å². The van der Waals surface area contributed by atoms with Crippen LogP contribution in [-0.4, -0.2) is 23.6 Å². The Morgan fingerprint density at radius 2 is 2.11 bits per heavy atom. The average molecular weight is 266 g/mol. The number of nitrogens with zero attached hydrogens (tertiary/aromatic N) is 1. The SMILES string of the molecule is NC(=O)CN(c1c(F)cccc1CO)C1CCCC1. The van der Waals surface area contributed by atoms with Crippen LogP contribution in [0.5, 0.6) is 0 Å². The molecule has 1 aromatic rings. The highest BCUT2D eigenvalue weighted by Crippen LogP contribution is 2.32. The first-order valence-electron chi connectivity index (χ1n) is 6.56. The lowest BCUT2D eigenvalue weighted by molar-refractivity contribution is -0.116. The number of halogens is 1. The van der Waals surface area contributed by atoms with Crippen LogP contribution in [0.15, 0.2) is 18.2 Å². The van der Waals surface area contributed by atoms with Gasteiger partial charge in [0, 0.05) is 11.6 Å². The van der Waals surface area contributed by atoms with Gasteiger partial charge in [0.25, 0.3) is 0 Å². The fraction of sp³-hybridized carbons (Fsp3) is 0.500. The second kappa shape index (κ2) is 6.02. The molecule has 1 saturated carbocycles. The molecule has 1 aliphatic rings. The van der Waals surface area contributed by atoms with Gasteiger partial charge in [0.05, 0.1) is 18.8 Å². The van der Waals surface area contributed by atoms with Gasteiger partial charge < -0.3 is 15.7 Å². The monoisotopic (exact) mass is 266 g/mol. The van der Waals surface area contributed by atoms with Crippen LogP contribution in [-0.2, 0) is 11.4 Å². The largest absolute Gasteiger partial charge is 0.392 e. The summed E-state index contributed by atoms with van der Waals surface area (Å²) >= 11 is 0. The number of rotatable bonds is 5. The molecule has 1 aliphatic carbocycles. The van der Waals surface area contributed by atoms with Crippen molar-refractivity contribution in [3.63, 3.8) is 0 Å². The van der Waals surface area contributed by atoms with Crippen molar-refractivity contribution in [1.29, 1.82) is 0 Å². The van der Waals surface area contributed by atoms with E-state index in [0.717, 1.165) is 25.7 Å². The molecule has 4 nitrogen and oxygen atoms in total. The van der Waals surface area contributed by atoms with Crippen LogP contribution in [0.2, 0.25) is 0 Å². The van der Waals surface area contributed by atoms with Crippen LogP contribution in [0, 0.1) is 5.82 Å². The molecule has 0 radical (unpaired) electrons. The van der Waals surface area contributed by atoms with E-state index in [1.165, 1.54) is 6.07 Å². The Bertz CT molecular complexity index is 459. The highest BCUT2D eigenvalue weighted by atomic mass is 19.1. The second-order valence-corrected chi connectivity index (χ2v) is 4.94. The molecule has 0 bridgehead atoms. The summed E-state index contributed by atoms with van der Waals surface area (Å²) < 4.78 is 14.1. The van der Waals surface area contributed by atoms with E-state index in [4.69, 9.17) is 5.73 Å². The molecular weight excluding hydrogens is 247 g/mol. The van der Waals surface area contributed by atoms with Gasteiger partial charge in [-0.25, -0.2) is 4.39 Å². The van der Waals surface area contributed by atoms with E-state index in [0.29, 0.717) is 11.3 Å². The quantitative estimate of drug-likeness (QED) is 0.849. The van der Waals surface area contributed by atoms with Gasteiger partial charge in [-0.3, -0.25) is 4.79 Å². The molecule has 1 fully saturated rings. The number of benzene rings is 1. The van der Waals surface area contributed by atoms with Crippen molar-refractivity contribution in [2.45, 2.75) is 38.3 Å². The fourth-order valence-electron chi connectivity index (χ4n) is 2.78. The van der Waals surface area contributed by atoms with Gasteiger partial charge in [-0.05, 0) is 18.9 Å². The minimum Gasteiger partial charge on any atom is -0.392 e. The molecule has 0 spiro atoms. The van der Waals surface area contributed by atoms with E-state index < -0.39 is 11.7 Å². The first-order valence-corrected chi connectivity index (χ1v) is 6.56. The molecule has 0 aromatic heterocycles. The highest BCUT2D eigenvalue weighted by molar-refractivity contribution is 5.80. The topological polar surface area (TPSA) is 66.6 Å². The third-order valence-electron chi connectivity index (χ3n) is 3.62. The lowest BCUT2D eigenvalue weighted by atomic mass is 10.1. The molecule has 104 valence electrons. The van der Waals surface area contributed by atoms with Gasteiger partial charge >= 0.3 is 0 Å². The van der Waals surface area contributed by atoms with Crippen molar-refractivity contribution < 1.29 is 14.3 Å². The number of anilines is 1. The van der Waals surface area contributed by atoms with Crippen molar-refractivity contribution in [1.82, 2.24) is 0 Å². The summed E-state index contributed by atoms with van der Waals surface area (Å²) in [6, 6.07) is 4.69. The summed E-state index contributed by atoms with van der Waals surface area (Å²) in [6.45, 7) is -0.270. The summed E-state index contributed by atoms with van der Waals surface area (Å²) in [5, 5.41) is 9.36. The molecular formula is C14H19FN2O2. The molecule has 0 saturated heterocycles. The lowest BCUT2D eigenvalue weighted by Gasteiger charge is -2.31. The molecule has 2 rings (SSSR count). The number of amides is 1. The Hall–Kier alpha value is -1.62. The third kappa shape index (κ3) is 3.04. The van der Waals surface area contributed by atoms with E-state index in [1.807, 2.05) is 0 Å². The predicted octanol–water partition coefficient (Wildman–Crippen LogP) is 1.55. The van der Waals surface area contributed by atoms with E-state index in [-0.39, 0.29) is 19.2 Å².